The molecule has 0 aliphatic carbocycles. The van der Waals surface area contributed by atoms with Crippen molar-refractivity contribution in [2.45, 2.75) is 51.8 Å². The van der Waals surface area contributed by atoms with Gasteiger partial charge in [0.25, 0.3) is 0 Å². The molecule has 0 atom stereocenters. The summed E-state index contributed by atoms with van der Waals surface area (Å²) in [6, 6.07) is 0. The van der Waals surface area contributed by atoms with Gasteiger partial charge < -0.3 is 4.74 Å². The molecule has 0 rings (SSSR count). The van der Waals surface area contributed by atoms with Crippen molar-refractivity contribution >= 4 is 21.9 Å². The molecule has 3 heteroatoms. The summed E-state index contributed by atoms with van der Waals surface area (Å²) in [5.41, 5.74) is 0.316. The van der Waals surface area contributed by atoms with Crippen molar-refractivity contribution in [1.82, 2.24) is 0 Å². The minimum Gasteiger partial charge on any atom is -0.465 e. The standard InChI is InChI=1S/C11H21BrO2/c1-10(2,3)7-6-8-14-9(13)11(4,5)12/h6-8H2,1-5H3. The lowest BCUT2D eigenvalue weighted by Gasteiger charge is -2.19. The van der Waals surface area contributed by atoms with Crippen molar-refractivity contribution in [1.29, 1.82) is 0 Å². The molecular weight excluding hydrogens is 244 g/mol. The van der Waals surface area contributed by atoms with Crippen LogP contribution in [-0.4, -0.2) is 16.9 Å². The van der Waals surface area contributed by atoms with Crippen LogP contribution >= 0.6 is 15.9 Å². The highest BCUT2D eigenvalue weighted by atomic mass is 79.9. The molecule has 2 nitrogen and oxygen atoms in total. The van der Waals surface area contributed by atoms with Crippen LogP contribution in [0.4, 0.5) is 0 Å². The van der Waals surface area contributed by atoms with Crippen molar-refractivity contribution in [2.24, 2.45) is 5.41 Å². The maximum atomic E-state index is 11.3. The lowest BCUT2D eigenvalue weighted by molar-refractivity contribution is -0.145. The smallest absolute Gasteiger partial charge is 0.322 e. The van der Waals surface area contributed by atoms with Gasteiger partial charge in [-0.05, 0) is 32.1 Å². The zero-order valence-electron chi connectivity index (χ0n) is 9.82. The first kappa shape index (κ1) is 13.9. The Morgan fingerprint density at radius 2 is 1.71 bits per heavy atom. The Kier molecular flexibility index (Phi) is 5.13. The van der Waals surface area contributed by atoms with Crippen molar-refractivity contribution in [3.8, 4) is 0 Å². The van der Waals surface area contributed by atoms with Gasteiger partial charge in [-0.1, -0.05) is 36.7 Å². The molecule has 14 heavy (non-hydrogen) atoms. The van der Waals surface area contributed by atoms with Crippen molar-refractivity contribution < 1.29 is 9.53 Å². The van der Waals surface area contributed by atoms with E-state index in [1.807, 2.05) is 0 Å². The lowest BCUT2D eigenvalue weighted by Crippen LogP contribution is -2.27. The molecule has 0 heterocycles. The van der Waals surface area contributed by atoms with Crippen molar-refractivity contribution in [2.75, 3.05) is 6.61 Å². The first-order valence-corrected chi connectivity index (χ1v) is 5.78. The van der Waals surface area contributed by atoms with E-state index in [0.717, 1.165) is 12.8 Å². The van der Waals surface area contributed by atoms with Crippen LogP contribution in [0, 0.1) is 5.41 Å². The van der Waals surface area contributed by atoms with Gasteiger partial charge >= 0.3 is 5.97 Å². The van der Waals surface area contributed by atoms with Gasteiger partial charge in [0, 0.05) is 0 Å². The van der Waals surface area contributed by atoms with E-state index in [-0.39, 0.29) is 5.97 Å². The van der Waals surface area contributed by atoms with Gasteiger partial charge in [-0.15, -0.1) is 0 Å². The van der Waals surface area contributed by atoms with Crippen LogP contribution in [-0.2, 0) is 9.53 Å². The minimum absolute atomic E-state index is 0.189. The number of hydrogen-bond acceptors (Lipinski definition) is 2. The summed E-state index contributed by atoms with van der Waals surface area (Å²) in [6.07, 6.45) is 2.00. The molecule has 0 aliphatic heterocycles. The van der Waals surface area contributed by atoms with Gasteiger partial charge in [-0.25, -0.2) is 0 Å². The number of hydrogen-bond donors (Lipinski definition) is 0. The molecule has 0 aromatic rings. The molecular formula is C11H21BrO2. The molecule has 0 aliphatic rings. The number of alkyl halides is 1. The van der Waals surface area contributed by atoms with Crippen LogP contribution in [0.15, 0.2) is 0 Å². The lowest BCUT2D eigenvalue weighted by atomic mass is 9.91. The fourth-order valence-corrected chi connectivity index (χ4v) is 1.05. The van der Waals surface area contributed by atoms with Crippen LogP contribution in [0.2, 0.25) is 0 Å². The van der Waals surface area contributed by atoms with Crippen LogP contribution in [0.1, 0.15) is 47.5 Å². The third kappa shape index (κ3) is 7.36. The van der Waals surface area contributed by atoms with Crippen LogP contribution < -0.4 is 0 Å². The van der Waals surface area contributed by atoms with Crippen molar-refractivity contribution in [3.63, 3.8) is 0 Å². The molecule has 0 saturated heterocycles. The summed E-state index contributed by atoms with van der Waals surface area (Å²) in [5, 5.41) is 0. The molecule has 0 unspecified atom stereocenters. The SMILES string of the molecule is CC(C)(C)CCCOC(=O)C(C)(C)Br. The van der Waals surface area contributed by atoms with E-state index in [4.69, 9.17) is 4.74 Å². The second-order valence-corrected chi connectivity index (χ2v) is 7.26. The van der Waals surface area contributed by atoms with E-state index in [0.29, 0.717) is 12.0 Å². The number of carbonyl (C=O) groups excluding carboxylic acids is 1. The Morgan fingerprint density at radius 1 is 1.21 bits per heavy atom. The number of halogens is 1. The third-order valence-electron chi connectivity index (χ3n) is 1.79. The van der Waals surface area contributed by atoms with E-state index in [9.17, 15) is 4.79 Å². The Bertz CT molecular complexity index is 186. The summed E-state index contributed by atoms with van der Waals surface area (Å²) in [6.45, 7) is 10.7. The number of carbonyl (C=O) groups is 1. The molecule has 0 saturated carbocycles. The zero-order chi connectivity index (χ0) is 11.4. The molecule has 0 radical (unpaired) electrons. The second kappa shape index (κ2) is 5.15. The maximum Gasteiger partial charge on any atom is 0.322 e. The van der Waals surface area contributed by atoms with Crippen molar-refractivity contribution in [3.05, 3.63) is 0 Å². The van der Waals surface area contributed by atoms with Gasteiger partial charge in [-0.3, -0.25) is 4.79 Å². The average molecular weight is 265 g/mol. The first-order valence-electron chi connectivity index (χ1n) is 4.99. The Labute approximate surface area is 95.5 Å². The second-order valence-electron chi connectivity index (χ2n) is 5.27. The topological polar surface area (TPSA) is 26.3 Å². The molecule has 0 fully saturated rings. The van der Waals surface area contributed by atoms with E-state index in [1.54, 1.807) is 13.8 Å². The summed E-state index contributed by atoms with van der Waals surface area (Å²) >= 11 is 3.26. The predicted octanol–water partition coefficient (Wildman–Crippen LogP) is 3.53. The van der Waals surface area contributed by atoms with E-state index in [1.165, 1.54) is 0 Å². The highest BCUT2D eigenvalue weighted by Gasteiger charge is 2.25. The summed E-state index contributed by atoms with van der Waals surface area (Å²) in [4.78, 5) is 11.3. The van der Waals surface area contributed by atoms with Gasteiger partial charge in [0.2, 0.25) is 0 Å². The molecule has 84 valence electrons. The maximum absolute atomic E-state index is 11.3. The van der Waals surface area contributed by atoms with E-state index in [2.05, 4.69) is 36.7 Å². The van der Waals surface area contributed by atoms with Gasteiger partial charge in [-0.2, -0.15) is 0 Å². The fraction of sp³-hybridized carbons (Fsp3) is 0.909. The first-order chi connectivity index (χ1) is 6.13. The fourth-order valence-electron chi connectivity index (χ4n) is 0.939. The predicted molar refractivity (Wildman–Crippen MR) is 62.7 cm³/mol. The minimum atomic E-state index is -0.561. The van der Waals surface area contributed by atoms with E-state index < -0.39 is 4.32 Å². The van der Waals surface area contributed by atoms with Gasteiger partial charge in [0.15, 0.2) is 0 Å². The highest BCUT2D eigenvalue weighted by Crippen LogP contribution is 2.21. The number of esters is 1. The van der Waals surface area contributed by atoms with E-state index >= 15 is 0 Å². The molecule has 0 aromatic carbocycles. The van der Waals surface area contributed by atoms with Gasteiger partial charge in [0.1, 0.15) is 4.32 Å². The molecule has 0 aromatic heterocycles. The normalized spacial score (nSPS) is 12.7. The number of rotatable bonds is 4. The molecule has 0 amide bonds. The van der Waals surface area contributed by atoms with Gasteiger partial charge in [0.05, 0.1) is 6.61 Å². The molecule has 0 bridgehead atoms. The zero-order valence-corrected chi connectivity index (χ0v) is 11.4. The summed E-state index contributed by atoms with van der Waals surface area (Å²) in [5.74, 6) is -0.189. The quantitative estimate of drug-likeness (QED) is 0.441. The van der Waals surface area contributed by atoms with Crippen LogP contribution in [0.3, 0.4) is 0 Å². The van der Waals surface area contributed by atoms with Crippen LogP contribution in [0.25, 0.3) is 0 Å². The number of ether oxygens (including phenoxy) is 1. The monoisotopic (exact) mass is 264 g/mol. The largest absolute Gasteiger partial charge is 0.465 e. The highest BCUT2D eigenvalue weighted by molar-refractivity contribution is 9.10. The summed E-state index contributed by atoms with van der Waals surface area (Å²) in [7, 11) is 0. The Morgan fingerprint density at radius 3 is 2.07 bits per heavy atom. The molecule has 0 spiro atoms. The Balaban J connectivity index is 3.62. The molecule has 0 N–H and O–H groups in total. The summed E-state index contributed by atoms with van der Waals surface area (Å²) < 4.78 is 4.56. The average Bonchev–Trinajstić information content (AvgIpc) is 1.93. The third-order valence-corrected chi connectivity index (χ3v) is 2.11. The Hall–Kier alpha value is -0.0500. The van der Waals surface area contributed by atoms with Crippen LogP contribution in [0.5, 0.6) is 0 Å².